The zero-order valence-electron chi connectivity index (χ0n) is 24.0. The number of nitrogens with zero attached hydrogens (tertiary/aromatic N) is 2. The van der Waals surface area contributed by atoms with Crippen LogP contribution >= 0.6 is 0 Å². The summed E-state index contributed by atoms with van der Waals surface area (Å²) in [6, 6.07) is 21.8. The maximum atomic E-state index is 14.0. The van der Waals surface area contributed by atoms with E-state index in [-0.39, 0.29) is 23.4 Å². The van der Waals surface area contributed by atoms with Gasteiger partial charge in [-0.15, -0.1) is 0 Å². The lowest BCUT2D eigenvalue weighted by atomic mass is 10.1. The fourth-order valence-corrected chi connectivity index (χ4v) is 6.41. The predicted octanol–water partition coefficient (Wildman–Crippen LogP) is 5.07. The van der Waals surface area contributed by atoms with Crippen LogP contribution in [0.25, 0.3) is 0 Å². The minimum atomic E-state index is -4.12. The number of hydrogen-bond donors (Lipinski definition) is 1. The molecule has 0 spiro atoms. The average Bonchev–Trinajstić information content (AvgIpc) is 3.48. The lowest BCUT2D eigenvalue weighted by molar-refractivity contribution is -0.139. The molecular weight excluding hydrogens is 538 g/mol. The van der Waals surface area contributed by atoms with Crippen LogP contribution in [0.3, 0.4) is 0 Å². The quantitative estimate of drug-likeness (QED) is 0.325. The first-order chi connectivity index (χ1) is 19.7. The number of ether oxygens (including phenoxy) is 1. The first kappa shape index (κ1) is 30.1. The molecule has 0 aliphatic heterocycles. The number of carbonyl (C=O) groups is 2. The molecule has 1 saturated carbocycles. The first-order valence-electron chi connectivity index (χ1n) is 14.1. The molecule has 3 aromatic carbocycles. The number of aryl methyl sites for hydroxylation is 1. The molecule has 1 aliphatic rings. The van der Waals surface area contributed by atoms with Gasteiger partial charge in [0.1, 0.15) is 18.3 Å². The van der Waals surface area contributed by atoms with Crippen molar-refractivity contribution < 1.29 is 22.7 Å². The summed E-state index contributed by atoms with van der Waals surface area (Å²) in [6.45, 7) is 5.60. The number of rotatable bonds is 12. The maximum Gasteiger partial charge on any atom is 0.264 e. The minimum absolute atomic E-state index is 0.0754. The highest BCUT2D eigenvalue weighted by Crippen LogP contribution is 2.27. The molecule has 218 valence electrons. The Hall–Kier alpha value is -3.85. The third-order valence-electron chi connectivity index (χ3n) is 7.39. The van der Waals surface area contributed by atoms with Gasteiger partial charge in [-0.05, 0) is 75.6 Å². The normalized spacial score (nSPS) is 14.3. The Kier molecular flexibility index (Phi) is 10.0. The maximum absolute atomic E-state index is 14.0. The minimum Gasteiger partial charge on any atom is -0.494 e. The number of nitrogens with one attached hydrogen (secondary N) is 1. The summed E-state index contributed by atoms with van der Waals surface area (Å²) in [7, 11) is -4.12. The lowest BCUT2D eigenvalue weighted by Crippen LogP contribution is -2.52. The number of benzene rings is 3. The molecule has 1 aliphatic carbocycles. The Labute approximate surface area is 243 Å². The summed E-state index contributed by atoms with van der Waals surface area (Å²) in [5, 5.41) is 3.09. The molecule has 0 heterocycles. The molecule has 3 aromatic rings. The summed E-state index contributed by atoms with van der Waals surface area (Å²) in [5.41, 5.74) is 2.09. The Balaban J connectivity index is 1.67. The van der Waals surface area contributed by atoms with Crippen molar-refractivity contribution in [2.45, 2.75) is 70.0 Å². The Morgan fingerprint density at radius 3 is 2.20 bits per heavy atom. The van der Waals surface area contributed by atoms with Crippen molar-refractivity contribution in [3.05, 3.63) is 90.0 Å². The van der Waals surface area contributed by atoms with Crippen molar-refractivity contribution >= 4 is 27.5 Å². The van der Waals surface area contributed by atoms with Crippen LogP contribution < -0.4 is 14.4 Å². The van der Waals surface area contributed by atoms with Gasteiger partial charge in [0.2, 0.25) is 11.8 Å². The molecule has 1 N–H and O–H groups in total. The number of hydrogen-bond acceptors (Lipinski definition) is 5. The molecular formula is C32H39N3O5S. The number of sulfonamides is 1. The molecule has 1 fully saturated rings. The monoisotopic (exact) mass is 577 g/mol. The molecule has 0 bridgehead atoms. The molecule has 1 atom stereocenters. The van der Waals surface area contributed by atoms with Gasteiger partial charge in [-0.25, -0.2) is 8.42 Å². The molecule has 2 amide bonds. The van der Waals surface area contributed by atoms with Crippen LogP contribution in [-0.4, -0.2) is 50.4 Å². The van der Waals surface area contributed by atoms with Crippen molar-refractivity contribution in [3.8, 4) is 5.75 Å². The zero-order valence-corrected chi connectivity index (χ0v) is 24.8. The van der Waals surface area contributed by atoms with Crippen molar-refractivity contribution in [3.63, 3.8) is 0 Å². The van der Waals surface area contributed by atoms with Gasteiger partial charge in [-0.2, -0.15) is 0 Å². The van der Waals surface area contributed by atoms with Crippen LogP contribution in [0.4, 0.5) is 5.69 Å². The summed E-state index contributed by atoms with van der Waals surface area (Å²) in [4.78, 5) is 28.9. The van der Waals surface area contributed by atoms with E-state index < -0.39 is 28.5 Å². The van der Waals surface area contributed by atoms with E-state index in [4.69, 9.17) is 4.74 Å². The van der Waals surface area contributed by atoms with Gasteiger partial charge in [0, 0.05) is 12.6 Å². The molecule has 41 heavy (non-hydrogen) atoms. The standard InChI is InChI=1S/C32H39N3O5S/c1-4-40-29-18-16-28(17-19-29)35(41(38,39)30-20-14-24(2)15-21-30)23-31(36)34(22-26-10-6-5-7-11-26)25(3)32(37)33-27-12-8-9-13-27/h5-7,10-11,14-21,25,27H,4,8-9,12-13,22-23H2,1-3H3,(H,33,37). The van der Waals surface area contributed by atoms with Crippen LogP contribution in [0.5, 0.6) is 5.75 Å². The second-order valence-corrected chi connectivity index (χ2v) is 12.3. The number of anilines is 1. The zero-order chi connectivity index (χ0) is 29.4. The molecule has 0 aromatic heterocycles. The second-order valence-electron chi connectivity index (χ2n) is 10.4. The highest BCUT2D eigenvalue weighted by atomic mass is 32.2. The Bertz CT molecular complexity index is 1400. The van der Waals surface area contributed by atoms with Crippen LogP contribution in [0.15, 0.2) is 83.8 Å². The third-order valence-corrected chi connectivity index (χ3v) is 9.18. The molecule has 0 saturated heterocycles. The van der Waals surface area contributed by atoms with Gasteiger partial charge >= 0.3 is 0 Å². The van der Waals surface area contributed by atoms with E-state index in [9.17, 15) is 18.0 Å². The van der Waals surface area contributed by atoms with Crippen LogP contribution in [0.2, 0.25) is 0 Å². The van der Waals surface area contributed by atoms with Gasteiger partial charge in [0.25, 0.3) is 10.0 Å². The van der Waals surface area contributed by atoms with Crippen molar-refractivity contribution in [1.82, 2.24) is 10.2 Å². The lowest BCUT2D eigenvalue weighted by Gasteiger charge is -2.32. The van der Waals surface area contributed by atoms with Crippen molar-refractivity contribution in [2.24, 2.45) is 0 Å². The summed E-state index contributed by atoms with van der Waals surface area (Å²) >= 11 is 0. The van der Waals surface area contributed by atoms with Gasteiger partial charge in [0.15, 0.2) is 0 Å². The SMILES string of the molecule is CCOc1ccc(N(CC(=O)N(Cc2ccccc2)C(C)C(=O)NC2CCCC2)S(=O)(=O)c2ccc(C)cc2)cc1. The van der Waals surface area contributed by atoms with Crippen LogP contribution in [0.1, 0.15) is 50.7 Å². The summed E-state index contributed by atoms with van der Waals surface area (Å²) in [5.74, 6) is -0.124. The predicted molar refractivity (Wildman–Crippen MR) is 160 cm³/mol. The molecule has 4 rings (SSSR count). The topological polar surface area (TPSA) is 96.0 Å². The van der Waals surface area contributed by atoms with E-state index in [1.807, 2.05) is 44.2 Å². The fraction of sp³-hybridized carbons (Fsp3) is 0.375. The fourth-order valence-electron chi connectivity index (χ4n) is 5.00. The highest BCUT2D eigenvalue weighted by molar-refractivity contribution is 7.92. The first-order valence-corrected chi connectivity index (χ1v) is 15.6. The third kappa shape index (κ3) is 7.67. The van der Waals surface area contributed by atoms with E-state index in [1.165, 1.54) is 17.0 Å². The largest absolute Gasteiger partial charge is 0.494 e. The van der Waals surface area contributed by atoms with Crippen LogP contribution in [0, 0.1) is 6.92 Å². The van der Waals surface area contributed by atoms with Gasteiger partial charge in [-0.3, -0.25) is 13.9 Å². The number of amides is 2. The smallest absolute Gasteiger partial charge is 0.264 e. The van der Waals surface area contributed by atoms with E-state index in [2.05, 4.69) is 5.32 Å². The summed E-state index contributed by atoms with van der Waals surface area (Å²) < 4.78 is 34.5. The Morgan fingerprint density at radius 1 is 0.951 bits per heavy atom. The molecule has 8 nitrogen and oxygen atoms in total. The van der Waals surface area contributed by atoms with Crippen LogP contribution in [-0.2, 0) is 26.2 Å². The average molecular weight is 578 g/mol. The van der Waals surface area contributed by atoms with Crippen molar-refractivity contribution in [2.75, 3.05) is 17.5 Å². The number of carbonyl (C=O) groups excluding carboxylic acids is 2. The molecule has 1 unspecified atom stereocenters. The van der Waals surface area contributed by atoms with E-state index in [1.54, 1.807) is 43.3 Å². The Morgan fingerprint density at radius 2 is 1.59 bits per heavy atom. The van der Waals surface area contributed by atoms with Crippen molar-refractivity contribution in [1.29, 1.82) is 0 Å². The van der Waals surface area contributed by atoms with Gasteiger partial charge < -0.3 is 15.0 Å². The van der Waals surface area contributed by atoms with E-state index in [0.717, 1.165) is 41.1 Å². The van der Waals surface area contributed by atoms with Gasteiger partial charge in [0.05, 0.1) is 17.2 Å². The molecule has 0 radical (unpaired) electrons. The van der Waals surface area contributed by atoms with Gasteiger partial charge in [-0.1, -0.05) is 60.9 Å². The van der Waals surface area contributed by atoms with E-state index >= 15 is 0 Å². The second kappa shape index (κ2) is 13.7. The summed E-state index contributed by atoms with van der Waals surface area (Å²) in [6.07, 6.45) is 3.98. The van der Waals surface area contributed by atoms with E-state index in [0.29, 0.717) is 18.0 Å². The molecule has 9 heteroatoms. The highest BCUT2D eigenvalue weighted by Gasteiger charge is 2.33.